The normalized spacial score (nSPS) is 32.9. The zero-order valence-corrected chi connectivity index (χ0v) is 21.7. The first-order valence-electron chi connectivity index (χ1n) is 13.4. The number of aliphatic hydroxyl groups excluding tert-OH is 1. The quantitative estimate of drug-likeness (QED) is 0.430. The summed E-state index contributed by atoms with van der Waals surface area (Å²) in [4.78, 5) is 47.1. The topological polar surface area (TPSA) is 90.4 Å². The minimum atomic E-state index is -1.27. The van der Waals surface area contributed by atoms with E-state index >= 15 is 0 Å². The number of carbonyl (C=O) groups excluding carboxylic acids is 3. The Kier molecular flexibility index (Phi) is 6.98. The van der Waals surface area contributed by atoms with Gasteiger partial charge in [0, 0.05) is 32.7 Å². The molecule has 0 radical (unpaired) electrons. The van der Waals surface area contributed by atoms with E-state index in [1.54, 1.807) is 9.80 Å². The summed E-state index contributed by atoms with van der Waals surface area (Å²) in [5.41, 5.74) is -1.29. The standard InChI is InChI=1S/C29H37N3O5/c1-3-4-8-15-30-16-10-14-29-23(26(35)32(18-19-33)24(29)27(30)36)22-25(34)31(17-9-13-28(22,2)37-29)20-21-11-6-5-7-12-21/h5-7,9-14,22-24,33H,3-4,8,15-20H2,1-2H3/t22-,23+,24?,28+,29+/m1/s1. The second kappa shape index (κ2) is 10.1. The molecule has 4 aliphatic heterocycles. The van der Waals surface area contributed by atoms with Gasteiger partial charge in [0.2, 0.25) is 17.7 Å². The summed E-state index contributed by atoms with van der Waals surface area (Å²) in [7, 11) is 0. The van der Waals surface area contributed by atoms with E-state index in [4.69, 9.17) is 4.74 Å². The molecule has 0 saturated carbocycles. The smallest absolute Gasteiger partial charge is 0.249 e. The second-order valence-corrected chi connectivity index (χ2v) is 10.8. The maximum atomic E-state index is 14.1. The molecule has 1 N–H and O–H groups in total. The van der Waals surface area contributed by atoms with Crippen LogP contribution in [0.15, 0.2) is 54.6 Å². The highest BCUT2D eigenvalue weighted by molar-refractivity contribution is 6.00. The average molecular weight is 508 g/mol. The Balaban J connectivity index is 1.53. The Hall–Kier alpha value is -2.97. The number of β-amino-alcohol motifs (C(OH)–C–C–N with tert-alkyl or cyclic N) is 1. The van der Waals surface area contributed by atoms with Crippen molar-refractivity contribution in [1.29, 1.82) is 0 Å². The van der Waals surface area contributed by atoms with E-state index in [2.05, 4.69) is 6.92 Å². The van der Waals surface area contributed by atoms with Crippen LogP contribution < -0.4 is 0 Å². The van der Waals surface area contributed by atoms with Crippen LogP contribution in [0.25, 0.3) is 0 Å². The number of rotatable bonds is 8. The van der Waals surface area contributed by atoms with Crippen molar-refractivity contribution >= 4 is 17.7 Å². The van der Waals surface area contributed by atoms with Crippen molar-refractivity contribution in [3.8, 4) is 0 Å². The van der Waals surface area contributed by atoms with Crippen LogP contribution in [0.3, 0.4) is 0 Å². The summed E-state index contributed by atoms with van der Waals surface area (Å²) in [6.45, 7) is 5.60. The Morgan fingerprint density at radius 2 is 1.65 bits per heavy atom. The highest BCUT2D eigenvalue weighted by Crippen LogP contribution is 2.57. The Bertz CT molecular complexity index is 1100. The minimum absolute atomic E-state index is 0.0225. The van der Waals surface area contributed by atoms with Gasteiger partial charge in [-0.2, -0.15) is 0 Å². The summed E-state index contributed by atoms with van der Waals surface area (Å²) < 4.78 is 6.78. The number of ether oxygens (including phenoxy) is 1. The van der Waals surface area contributed by atoms with Crippen LogP contribution in [0.5, 0.6) is 0 Å². The largest absolute Gasteiger partial charge is 0.395 e. The molecular weight excluding hydrogens is 470 g/mol. The highest BCUT2D eigenvalue weighted by Gasteiger charge is 2.74. The van der Waals surface area contributed by atoms with Crippen molar-refractivity contribution in [2.75, 3.05) is 32.8 Å². The average Bonchev–Trinajstić information content (AvgIpc) is 3.15. The molecular formula is C29H37N3O5. The van der Waals surface area contributed by atoms with Crippen LogP contribution in [0.2, 0.25) is 0 Å². The molecule has 2 fully saturated rings. The first-order chi connectivity index (χ1) is 17.9. The minimum Gasteiger partial charge on any atom is -0.395 e. The zero-order valence-electron chi connectivity index (χ0n) is 21.7. The van der Waals surface area contributed by atoms with E-state index in [1.165, 1.54) is 4.90 Å². The van der Waals surface area contributed by atoms with Crippen LogP contribution in [0, 0.1) is 11.8 Å². The molecule has 198 valence electrons. The van der Waals surface area contributed by atoms with Crippen molar-refractivity contribution < 1.29 is 24.2 Å². The van der Waals surface area contributed by atoms with Crippen LogP contribution in [0.4, 0.5) is 0 Å². The van der Waals surface area contributed by atoms with Crippen molar-refractivity contribution in [3.05, 3.63) is 60.2 Å². The van der Waals surface area contributed by atoms with E-state index in [-0.39, 0.29) is 30.9 Å². The number of carbonyl (C=O) groups is 3. The third kappa shape index (κ3) is 4.20. The molecule has 1 aromatic rings. The summed E-state index contributed by atoms with van der Waals surface area (Å²) in [5, 5.41) is 9.81. The van der Waals surface area contributed by atoms with Gasteiger partial charge in [-0.05, 0) is 18.9 Å². The first kappa shape index (κ1) is 25.7. The van der Waals surface area contributed by atoms with Gasteiger partial charge < -0.3 is 24.5 Å². The number of likely N-dealkylation sites (tertiary alicyclic amines) is 1. The number of aliphatic hydroxyl groups is 1. The number of nitrogens with zero attached hydrogens (tertiary/aromatic N) is 3. The lowest BCUT2D eigenvalue weighted by Crippen LogP contribution is -2.56. The lowest BCUT2D eigenvalue weighted by Gasteiger charge is -2.37. The molecule has 1 aromatic carbocycles. The number of fused-ring (bicyclic) bond motifs is 2. The molecule has 37 heavy (non-hydrogen) atoms. The maximum Gasteiger partial charge on any atom is 0.249 e. The van der Waals surface area contributed by atoms with Crippen molar-refractivity contribution in [3.63, 3.8) is 0 Å². The molecule has 4 heterocycles. The molecule has 2 saturated heterocycles. The molecule has 3 amide bonds. The summed E-state index contributed by atoms with van der Waals surface area (Å²) >= 11 is 0. The second-order valence-electron chi connectivity index (χ2n) is 10.8. The summed E-state index contributed by atoms with van der Waals surface area (Å²) in [5.74, 6) is -2.26. The SMILES string of the molecule is CCCCCN1CC=C[C@]23O[C@@]4(C)C=CCN(Cc5ccccc5)C(=O)[C@H]4[C@H]2C(=O)N(CCO)C3C1=O. The number of hydrogen-bond acceptors (Lipinski definition) is 5. The molecule has 4 aliphatic rings. The fourth-order valence-corrected chi connectivity index (χ4v) is 6.67. The van der Waals surface area contributed by atoms with E-state index in [0.717, 1.165) is 24.8 Å². The summed E-state index contributed by atoms with van der Waals surface area (Å²) in [6, 6.07) is 8.87. The monoisotopic (exact) mass is 507 g/mol. The van der Waals surface area contributed by atoms with Crippen LogP contribution in [-0.2, 0) is 25.7 Å². The molecule has 1 unspecified atom stereocenters. The molecule has 8 heteroatoms. The van der Waals surface area contributed by atoms with Gasteiger partial charge in [0.05, 0.1) is 24.0 Å². The fraction of sp³-hybridized carbons (Fsp3) is 0.552. The van der Waals surface area contributed by atoms with Crippen molar-refractivity contribution in [1.82, 2.24) is 14.7 Å². The first-order valence-corrected chi connectivity index (χ1v) is 13.4. The van der Waals surface area contributed by atoms with Gasteiger partial charge in [-0.15, -0.1) is 0 Å². The fourth-order valence-electron chi connectivity index (χ4n) is 6.67. The zero-order chi connectivity index (χ0) is 26.2. The third-order valence-electron chi connectivity index (χ3n) is 8.31. The lowest BCUT2D eigenvalue weighted by atomic mass is 9.74. The van der Waals surface area contributed by atoms with Gasteiger partial charge in [0.1, 0.15) is 11.6 Å². The molecule has 8 nitrogen and oxygen atoms in total. The van der Waals surface area contributed by atoms with E-state index in [1.807, 2.05) is 61.6 Å². The third-order valence-corrected chi connectivity index (χ3v) is 8.31. The molecule has 0 aliphatic carbocycles. The number of benzene rings is 1. The number of hydrogen-bond donors (Lipinski definition) is 1. The number of unbranched alkanes of at least 4 members (excludes halogenated alkanes) is 2. The van der Waals surface area contributed by atoms with E-state index < -0.39 is 29.1 Å². The van der Waals surface area contributed by atoms with Crippen LogP contribution in [0.1, 0.15) is 38.7 Å². The van der Waals surface area contributed by atoms with Gasteiger partial charge in [0.25, 0.3) is 0 Å². The van der Waals surface area contributed by atoms with Gasteiger partial charge in [-0.25, -0.2) is 0 Å². The lowest BCUT2D eigenvalue weighted by molar-refractivity contribution is -0.153. The van der Waals surface area contributed by atoms with Crippen molar-refractivity contribution in [2.24, 2.45) is 11.8 Å². The predicted molar refractivity (Wildman–Crippen MR) is 138 cm³/mol. The van der Waals surface area contributed by atoms with Gasteiger partial charge in [-0.3, -0.25) is 14.4 Å². The Morgan fingerprint density at radius 3 is 2.38 bits per heavy atom. The van der Waals surface area contributed by atoms with E-state index in [0.29, 0.717) is 26.2 Å². The van der Waals surface area contributed by atoms with E-state index in [9.17, 15) is 19.5 Å². The highest BCUT2D eigenvalue weighted by atomic mass is 16.5. The number of amides is 3. The maximum absolute atomic E-state index is 14.1. The molecule has 5 atom stereocenters. The van der Waals surface area contributed by atoms with Gasteiger partial charge >= 0.3 is 0 Å². The molecule has 0 bridgehead atoms. The molecule has 0 aromatic heterocycles. The van der Waals surface area contributed by atoms with Crippen molar-refractivity contribution in [2.45, 2.75) is 56.9 Å². The van der Waals surface area contributed by atoms with Gasteiger partial charge in [-0.1, -0.05) is 74.4 Å². The van der Waals surface area contributed by atoms with Crippen LogP contribution in [-0.4, -0.2) is 87.6 Å². The predicted octanol–water partition coefficient (Wildman–Crippen LogP) is 2.14. The summed E-state index contributed by atoms with van der Waals surface area (Å²) in [6.07, 6.45) is 10.5. The molecule has 5 rings (SSSR count). The Labute approximate surface area is 218 Å². The van der Waals surface area contributed by atoms with Crippen LogP contribution >= 0.6 is 0 Å². The van der Waals surface area contributed by atoms with Gasteiger partial charge in [0.15, 0.2) is 0 Å². The Morgan fingerprint density at radius 1 is 0.919 bits per heavy atom. The molecule has 1 spiro atoms.